The highest BCUT2D eigenvalue weighted by molar-refractivity contribution is 9.10. The second-order valence-electron chi connectivity index (χ2n) is 3.38. The molecule has 1 aromatic rings. The molecule has 1 heterocycles. The number of amides is 1. The Morgan fingerprint density at radius 2 is 2.36 bits per heavy atom. The van der Waals surface area contributed by atoms with Crippen LogP contribution in [0.2, 0.25) is 0 Å². The highest BCUT2D eigenvalue weighted by Gasteiger charge is 2.45. The summed E-state index contributed by atoms with van der Waals surface area (Å²) < 4.78 is 0.730. The summed E-state index contributed by atoms with van der Waals surface area (Å²) in [6.07, 6.45) is 2.41. The van der Waals surface area contributed by atoms with Crippen LogP contribution in [0.15, 0.2) is 22.9 Å². The van der Waals surface area contributed by atoms with E-state index in [1.807, 2.05) is 12.1 Å². The Hall–Kier alpha value is -1.10. The van der Waals surface area contributed by atoms with Crippen molar-refractivity contribution < 1.29 is 9.90 Å². The Kier molecular flexibility index (Phi) is 2.19. The van der Waals surface area contributed by atoms with Gasteiger partial charge in [-0.2, -0.15) is 0 Å². The molecule has 74 valence electrons. The minimum Gasteiger partial charge on any atom is -0.465 e. The standard InChI is InChI=1S/C9H9BrN2O2/c10-7-5-6(1-4-11-7)9(2-3-9)12-8(13)14/h1,4-5,12H,2-3H2,(H,13,14). The topological polar surface area (TPSA) is 62.2 Å². The maximum atomic E-state index is 10.6. The first kappa shape index (κ1) is 9.45. The van der Waals surface area contributed by atoms with E-state index in [9.17, 15) is 4.79 Å². The van der Waals surface area contributed by atoms with Crippen molar-refractivity contribution in [1.82, 2.24) is 10.3 Å². The minimum atomic E-state index is -0.976. The number of pyridine rings is 1. The third-order valence-corrected chi connectivity index (χ3v) is 2.81. The number of aromatic nitrogens is 1. The zero-order valence-electron chi connectivity index (χ0n) is 7.33. The SMILES string of the molecule is O=C(O)NC1(c2ccnc(Br)c2)CC1. The summed E-state index contributed by atoms with van der Waals surface area (Å²) in [5.41, 5.74) is 0.610. The van der Waals surface area contributed by atoms with Crippen molar-refractivity contribution in [1.29, 1.82) is 0 Å². The van der Waals surface area contributed by atoms with Crippen LogP contribution in [0, 0.1) is 0 Å². The van der Waals surface area contributed by atoms with Crippen molar-refractivity contribution in [2.75, 3.05) is 0 Å². The quantitative estimate of drug-likeness (QED) is 0.797. The van der Waals surface area contributed by atoms with E-state index in [1.165, 1.54) is 0 Å². The summed E-state index contributed by atoms with van der Waals surface area (Å²) in [5, 5.41) is 11.2. The van der Waals surface area contributed by atoms with Crippen LogP contribution < -0.4 is 5.32 Å². The molecule has 14 heavy (non-hydrogen) atoms. The van der Waals surface area contributed by atoms with Gasteiger partial charge in [-0.25, -0.2) is 9.78 Å². The fourth-order valence-corrected chi connectivity index (χ4v) is 1.88. The van der Waals surface area contributed by atoms with Gasteiger partial charge in [0, 0.05) is 6.20 Å². The molecule has 0 spiro atoms. The molecule has 2 rings (SSSR count). The summed E-state index contributed by atoms with van der Waals surface area (Å²) in [6, 6.07) is 3.69. The molecule has 0 unspecified atom stereocenters. The van der Waals surface area contributed by atoms with Gasteiger partial charge in [0.05, 0.1) is 5.54 Å². The van der Waals surface area contributed by atoms with Crippen LogP contribution in [0.4, 0.5) is 4.79 Å². The van der Waals surface area contributed by atoms with Crippen molar-refractivity contribution in [2.24, 2.45) is 0 Å². The van der Waals surface area contributed by atoms with Gasteiger partial charge in [-0.05, 0) is 46.5 Å². The van der Waals surface area contributed by atoms with Crippen LogP contribution in [-0.2, 0) is 5.54 Å². The number of hydrogen-bond donors (Lipinski definition) is 2. The number of halogens is 1. The molecular weight excluding hydrogens is 248 g/mol. The van der Waals surface area contributed by atoms with Crippen molar-refractivity contribution in [3.05, 3.63) is 28.5 Å². The average molecular weight is 257 g/mol. The predicted molar refractivity (Wildman–Crippen MR) is 54.0 cm³/mol. The Bertz CT molecular complexity index is 377. The number of carbonyl (C=O) groups is 1. The summed E-state index contributed by atoms with van der Waals surface area (Å²) >= 11 is 3.26. The number of hydrogen-bond acceptors (Lipinski definition) is 2. The predicted octanol–water partition coefficient (Wildman–Crippen LogP) is 2.10. The minimum absolute atomic E-state index is 0.364. The van der Waals surface area contributed by atoms with Crippen molar-refractivity contribution in [2.45, 2.75) is 18.4 Å². The smallest absolute Gasteiger partial charge is 0.405 e. The lowest BCUT2D eigenvalue weighted by Crippen LogP contribution is -2.33. The maximum absolute atomic E-state index is 10.6. The molecule has 0 radical (unpaired) electrons. The van der Waals surface area contributed by atoms with Crippen LogP contribution in [-0.4, -0.2) is 16.2 Å². The number of rotatable bonds is 2. The Morgan fingerprint density at radius 1 is 1.64 bits per heavy atom. The molecule has 1 saturated carbocycles. The fourth-order valence-electron chi connectivity index (χ4n) is 1.52. The summed E-state index contributed by atoms with van der Waals surface area (Å²) in [4.78, 5) is 14.6. The normalized spacial score (nSPS) is 17.5. The molecule has 1 aliphatic rings. The monoisotopic (exact) mass is 256 g/mol. The molecule has 1 aliphatic carbocycles. The molecule has 0 saturated heterocycles. The van der Waals surface area contributed by atoms with E-state index >= 15 is 0 Å². The molecule has 0 aromatic carbocycles. The average Bonchev–Trinajstić information content (AvgIpc) is 2.84. The lowest BCUT2D eigenvalue weighted by molar-refractivity contribution is 0.188. The molecule has 0 bridgehead atoms. The fraction of sp³-hybridized carbons (Fsp3) is 0.333. The van der Waals surface area contributed by atoms with Gasteiger partial charge in [-0.1, -0.05) is 0 Å². The molecule has 4 nitrogen and oxygen atoms in total. The van der Waals surface area contributed by atoms with E-state index in [2.05, 4.69) is 26.2 Å². The lowest BCUT2D eigenvalue weighted by atomic mass is 10.1. The number of nitrogens with zero attached hydrogens (tertiary/aromatic N) is 1. The van der Waals surface area contributed by atoms with E-state index in [4.69, 9.17) is 5.11 Å². The van der Waals surface area contributed by atoms with Gasteiger partial charge in [0.25, 0.3) is 0 Å². The van der Waals surface area contributed by atoms with Crippen LogP contribution in [0.25, 0.3) is 0 Å². The number of nitrogens with one attached hydrogen (secondary N) is 1. The third kappa shape index (κ3) is 1.72. The summed E-state index contributed by atoms with van der Waals surface area (Å²) in [7, 11) is 0. The first-order chi connectivity index (χ1) is 6.62. The van der Waals surface area contributed by atoms with Gasteiger partial charge in [0.2, 0.25) is 0 Å². The molecular formula is C9H9BrN2O2. The van der Waals surface area contributed by atoms with Crippen LogP contribution in [0.3, 0.4) is 0 Å². The zero-order chi connectivity index (χ0) is 10.2. The van der Waals surface area contributed by atoms with Gasteiger partial charge in [0.1, 0.15) is 4.60 Å². The maximum Gasteiger partial charge on any atom is 0.405 e. The van der Waals surface area contributed by atoms with Gasteiger partial charge in [-0.3, -0.25) is 0 Å². The van der Waals surface area contributed by atoms with Crippen LogP contribution in [0.5, 0.6) is 0 Å². The van der Waals surface area contributed by atoms with Crippen LogP contribution >= 0.6 is 15.9 Å². The highest BCUT2D eigenvalue weighted by atomic mass is 79.9. The Morgan fingerprint density at radius 3 is 2.86 bits per heavy atom. The van der Waals surface area contributed by atoms with E-state index in [0.29, 0.717) is 0 Å². The Labute approximate surface area is 89.5 Å². The summed E-state index contributed by atoms with van der Waals surface area (Å²) in [6.45, 7) is 0. The first-order valence-corrected chi connectivity index (χ1v) is 5.05. The van der Waals surface area contributed by atoms with Crippen molar-refractivity contribution in [3.8, 4) is 0 Å². The van der Waals surface area contributed by atoms with E-state index in [0.717, 1.165) is 23.0 Å². The van der Waals surface area contributed by atoms with Crippen LogP contribution in [0.1, 0.15) is 18.4 Å². The number of carboxylic acid groups (broad SMARTS) is 1. The van der Waals surface area contributed by atoms with Crippen molar-refractivity contribution in [3.63, 3.8) is 0 Å². The second kappa shape index (κ2) is 3.24. The molecule has 1 amide bonds. The first-order valence-electron chi connectivity index (χ1n) is 4.25. The highest BCUT2D eigenvalue weighted by Crippen LogP contribution is 2.45. The third-order valence-electron chi connectivity index (χ3n) is 2.38. The van der Waals surface area contributed by atoms with Gasteiger partial charge >= 0.3 is 6.09 Å². The van der Waals surface area contributed by atoms with Gasteiger partial charge in [0.15, 0.2) is 0 Å². The Balaban J connectivity index is 2.26. The largest absolute Gasteiger partial charge is 0.465 e. The molecule has 1 fully saturated rings. The molecule has 2 N–H and O–H groups in total. The van der Waals surface area contributed by atoms with E-state index in [-0.39, 0.29) is 5.54 Å². The van der Waals surface area contributed by atoms with E-state index < -0.39 is 6.09 Å². The van der Waals surface area contributed by atoms with Gasteiger partial charge in [-0.15, -0.1) is 0 Å². The second-order valence-corrected chi connectivity index (χ2v) is 4.19. The molecule has 0 atom stereocenters. The lowest BCUT2D eigenvalue weighted by Gasteiger charge is -2.15. The zero-order valence-corrected chi connectivity index (χ0v) is 8.91. The molecule has 0 aliphatic heterocycles. The summed E-state index contributed by atoms with van der Waals surface area (Å²) in [5.74, 6) is 0. The van der Waals surface area contributed by atoms with Crippen molar-refractivity contribution >= 4 is 22.0 Å². The molecule has 1 aromatic heterocycles. The van der Waals surface area contributed by atoms with Gasteiger partial charge < -0.3 is 10.4 Å². The van der Waals surface area contributed by atoms with E-state index in [1.54, 1.807) is 6.20 Å². The molecule has 5 heteroatoms.